The van der Waals surface area contributed by atoms with Crippen LogP contribution in [0.4, 0.5) is 5.00 Å². The van der Waals surface area contributed by atoms with E-state index in [0.29, 0.717) is 26.2 Å². The number of esters is 1. The average Bonchev–Trinajstić information content (AvgIpc) is 3.01. The number of nitrogens with one attached hydrogen (secondary N) is 1. The largest absolute Gasteiger partial charge is 0.452 e. The topological polar surface area (TPSA) is 79.2 Å². The molecule has 5 nitrogen and oxygen atoms in total. The molecule has 0 aliphatic carbocycles. The number of hydrogen-bond acceptors (Lipinski definition) is 5. The van der Waals surface area contributed by atoms with E-state index in [1.807, 2.05) is 6.07 Å². The van der Waals surface area contributed by atoms with Crippen molar-refractivity contribution in [3.05, 3.63) is 56.9 Å². The highest BCUT2D eigenvalue weighted by Gasteiger charge is 2.09. The third-order valence-corrected chi connectivity index (χ3v) is 4.31. The minimum Gasteiger partial charge on any atom is -0.452 e. The van der Waals surface area contributed by atoms with Crippen molar-refractivity contribution >= 4 is 57.5 Å². The molecule has 0 atom stereocenters. The highest BCUT2D eigenvalue weighted by molar-refractivity contribution is 7.14. The van der Waals surface area contributed by atoms with Gasteiger partial charge in [-0.2, -0.15) is 5.26 Å². The molecule has 1 N–H and O–H groups in total. The zero-order valence-electron chi connectivity index (χ0n) is 12.1. The van der Waals surface area contributed by atoms with Gasteiger partial charge in [0.25, 0.3) is 5.91 Å². The molecule has 0 aliphatic heterocycles. The molecule has 0 saturated carbocycles. The molecule has 1 heterocycles. The molecule has 2 rings (SSSR count). The van der Waals surface area contributed by atoms with E-state index in [9.17, 15) is 9.59 Å². The number of ether oxygens (including phenoxy) is 1. The van der Waals surface area contributed by atoms with E-state index in [-0.39, 0.29) is 0 Å². The Morgan fingerprint density at radius 1 is 1.29 bits per heavy atom. The quantitative estimate of drug-likeness (QED) is 0.624. The summed E-state index contributed by atoms with van der Waals surface area (Å²) in [4.78, 5) is 23.3. The Morgan fingerprint density at radius 3 is 2.79 bits per heavy atom. The van der Waals surface area contributed by atoms with Crippen molar-refractivity contribution in [1.82, 2.24) is 0 Å². The summed E-state index contributed by atoms with van der Waals surface area (Å²) in [6, 6.07) is 8.43. The van der Waals surface area contributed by atoms with Gasteiger partial charge in [0.2, 0.25) is 0 Å². The summed E-state index contributed by atoms with van der Waals surface area (Å²) in [6.07, 6.45) is 2.67. The molecule has 0 bridgehead atoms. The van der Waals surface area contributed by atoms with E-state index in [4.69, 9.17) is 33.2 Å². The lowest BCUT2D eigenvalue weighted by Gasteiger charge is -2.03. The monoisotopic (exact) mass is 380 g/mol. The SMILES string of the molecule is N#Cc1ccsc1NC(=O)COC(=O)/C=C/c1ccc(Cl)c(Cl)c1. The lowest BCUT2D eigenvalue weighted by Crippen LogP contribution is -2.19. The smallest absolute Gasteiger partial charge is 0.331 e. The van der Waals surface area contributed by atoms with Crippen LogP contribution in [0.1, 0.15) is 11.1 Å². The summed E-state index contributed by atoms with van der Waals surface area (Å²) in [6.45, 7) is -0.451. The number of benzene rings is 1. The third kappa shape index (κ3) is 5.10. The van der Waals surface area contributed by atoms with Crippen LogP contribution >= 0.6 is 34.5 Å². The minimum absolute atomic E-state index is 0.360. The normalized spacial score (nSPS) is 10.4. The molecule has 8 heteroatoms. The van der Waals surface area contributed by atoms with Crippen LogP contribution in [0.25, 0.3) is 6.08 Å². The Kier molecular flexibility index (Phi) is 6.38. The number of hydrogen-bond donors (Lipinski definition) is 1. The number of carbonyl (C=O) groups is 2. The summed E-state index contributed by atoms with van der Waals surface area (Å²) >= 11 is 12.9. The second-order valence-corrected chi connectivity index (χ2v) is 6.17. The number of amides is 1. The molecule has 0 aliphatic rings. The van der Waals surface area contributed by atoms with Gasteiger partial charge in [-0.3, -0.25) is 4.79 Å². The Balaban J connectivity index is 1.84. The van der Waals surface area contributed by atoms with Gasteiger partial charge in [-0.25, -0.2) is 4.79 Å². The number of carbonyl (C=O) groups excluding carboxylic acids is 2. The lowest BCUT2D eigenvalue weighted by atomic mass is 10.2. The van der Waals surface area contributed by atoms with Crippen molar-refractivity contribution in [1.29, 1.82) is 5.26 Å². The van der Waals surface area contributed by atoms with Crippen LogP contribution in [-0.2, 0) is 14.3 Å². The molecule has 24 heavy (non-hydrogen) atoms. The van der Waals surface area contributed by atoms with Gasteiger partial charge in [-0.05, 0) is 35.2 Å². The number of nitriles is 1. The molecule has 0 radical (unpaired) electrons. The third-order valence-electron chi connectivity index (χ3n) is 2.74. The van der Waals surface area contributed by atoms with Gasteiger partial charge in [0.05, 0.1) is 15.6 Å². The zero-order chi connectivity index (χ0) is 17.5. The number of anilines is 1. The first-order chi connectivity index (χ1) is 11.5. The van der Waals surface area contributed by atoms with Crippen molar-refractivity contribution in [2.75, 3.05) is 11.9 Å². The standard InChI is InChI=1S/C16H10Cl2N2O3S/c17-12-3-1-10(7-13(12)18)2-4-15(22)23-9-14(21)20-16-11(8-19)5-6-24-16/h1-7H,9H2,(H,20,21)/b4-2+. The fourth-order valence-electron chi connectivity index (χ4n) is 1.62. The molecule has 122 valence electrons. The first kappa shape index (κ1) is 18.0. The van der Waals surface area contributed by atoms with Crippen molar-refractivity contribution in [3.8, 4) is 6.07 Å². The second kappa shape index (κ2) is 8.50. The molecular weight excluding hydrogens is 371 g/mol. The fourth-order valence-corrected chi connectivity index (χ4v) is 2.68. The minimum atomic E-state index is -0.678. The van der Waals surface area contributed by atoms with Crippen LogP contribution in [0.3, 0.4) is 0 Å². The molecular formula is C16H10Cl2N2O3S. The van der Waals surface area contributed by atoms with Crippen LogP contribution in [0.15, 0.2) is 35.7 Å². The van der Waals surface area contributed by atoms with E-state index in [2.05, 4.69) is 5.32 Å². The molecule has 0 unspecified atom stereocenters. The summed E-state index contributed by atoms with van der Waals surface area (Å²) in [7, 11) is 0. The first-order valence-electron chi connectivity index (χ1n) is 6.57. The Bertz CT molecular complexity index is 840. The summed E-state index contributed by atoms with van der Waals surface area (Å²) in [5, 5.41) is 14.2. The molecule has 1 amide bonds. The first-order valence-corrected chi connectivity index (χ1v) is 8.20. The van der Waals surface area contributed by atoms with Crippen molar-refractivity contribution in [3.63, 3.8) is 0 Å². The number of halogens is 2. The summed E-state index contributed by atoms with van der Waals surface area (Å²) in [5.74, 6) is -1.20. The lowest BCUT2D eigenvalue weighted by molar-refractivity contribution is -0.142. The van der Waals surface area contributed by atoms with E-state index in [0.717, 1.165) is 0 Å². The number of rotatable bonds is 5. The Morgan fingerprint density at radius 2 is 2.08 bits per heavy atom. The predicted octanol–water partition coefficient (Wildman–Crippen LogP) is 4.12. The van der Waals surface area contributed by atoms with Gasteiger partial charge in [0.1, 0.15) is 11.1 Å². The van der Waals surface area contributed by atoms with Crippen LogP contribution in [0.5, 0.6) is 0 Å². The highest BCUT2D eigenvalue weighted by Crippen LogP contribution is 2.23. The molecule has 1 aromatic heterocycles. The maximum Gasteiger partial charge on any atom is 0.331 e. The fraction of sp³-hybridized carbons (Fsp3) is 0.0625. The van der Waals surface area contributed by atoms with E-state index >= 15 is 0 Å². The Hall–Kier alpha value is -2.33. The van der Waals surface area contributed by atoms with E-state index < -0.39 is 18.5 Å². The Labute approximate surface area is 152 Å². The molecule has 0 fully saturated rings. The van der Waals surface area contributed by atoms with Gasteiger partial charge in [-0.1, -0.05) is 29.3 Å². The zero-order valence-corrected chi connectivity index (χ0v) is 14.4. The molecule has 1 aromatic carbocycles. The number of nitrogens with zero attached hydrogens (tertiary/aromatic N) is 1. The molecule has 0 saturated heterocycles. The predicted molar refractivity (Wildman–Crippen MR) is 94.1 cm³/mol. The maximum absolute atomic E-state index is 11.7. The van der Waals surface area contributed by atoms with Crippen LogP contribution in [-0.4, -0.2) is 18.5 Å². The number of thiophene rings is 1. The highest BCUT2D eigenvalue weighted by atomic mass is 35.5. The van der Waals surface area contributed by atoms with Gasteiger partial charge >= 0.3 is 5.97 Å². The van der Waals surface area contributed by atoms with Crippen LogP contribution in [0.2, 0.25) is 10.0 Å². The van der Waals surface area contributed by atoms with Gasteiger partial charge in [0, 0.05) is 6.08 Å². The summed E-state index contributed by atoms with van der Waals surface area (Å²) in [5.41, 5.74) is 1.03. The van der Waals surface area contributed by atoms with Crippen molar-refractivity contribution < 1.29 is 14.3 Å². The summed E-state index contributed by atoms with van der Waals surface area (Å²) < 4.78 is 4.83. The van der Waals surface area contributed by atoms with Crippen molar-refractivity contribution in [2.45, 2.75) is 0 Å². The van der Waals surface area contributed by atoms with Crippen LogP contribution < -0.4 is 5.32 Å². The maximum atomic E-state index is 11.7. The second-order valence-electron chi connectivity index (χ2n) is 4.44. The average molecular weight is 381 g/mol. The molecule has 2 aromatic rings. The van der Waals surface area contributed by atoms with Gasteiger partial charge < -0.3 is 10.1 Å². The van der Waals surface area contributed by atoms with Crippen molar-refractivity contribution in [2.24, 2.45) is 0 Å². The molecule has 0 spiro atoms. The van der Waals surface area contributed by atoms with E-state index in [1.165, 1.54) is 23.5 Å². The van der Waals surface area contributed by atoms with Crippen LogP contribution in [0, 0.1) is 11.3 Å². The van der Waals surface area contributed by atoms with Gasteiger partial charge in [-0.15, -0.1) is 11.3 Å². The van der Waals surface area contributed by atoms with E-state index in [1.54, 1.807) is 29.6 Å². The van der Waals surface area contributed by atoms with Gasteiger partial charge in [0.15, 0.2) is 6.61 Å².